The molecule has 0 fully saturated rings. The molecule has 4 nitrogen and oxygen atoms in total. The summed E-state index contributed by atoms with van der Waals surface area (Å²) in [5, 5.41) is 13.5. The molecule has 0 unspecified atom stereocenters. The fourth-order valence-electron chi connectivity index (χ4n) is 0.962. The first-order valence-corrected chi connectivity index (χ1v) is 4.53. The first-order valence-electron chi connectivity index (χ1n) is 4.53. The van der Waals surface area contributed by atoms with E-state index < -0.39 is 12.1 Å². The summed E-state index contributed by atoms with van der Waals surface area (Å²) >= 11 is 0. The summed E-state index contributed by atoms with van der Waals surface area (Å²) in [5.74, 6) is -2.12. The summed E-state index contributed by atoms with van der Waals surface area (Å²) in [6.07, 6.45) is -0.775. The standard InChI is InChI=1S/C9H12F3N3O/c1-8(2,3)14-4-5-15(6-14)13-7(16)9(10,11)12/h4-6H,1-3H3. The summed E-state index contributed by atoms with van der Waals surface area (Å²) in [5.41, 5.74) is -0.276. The minimum atomic E-state index is -4.93. The Morgan fingerprint density at radius 2 is 1.88 bits per heavy atom. The average Bonchev–Trinajstić information content (AvgIpc) is 2.49. The highest BCUT2D eigenvalue weighted by molar-refractivity contribution is 5.77. The molecule has 0 aliphatic heterocycles. The fraction of sp³-hybridized carbons (Fsp3) is 0.556. The average molecular weight is 235 g/mol. The highest BCUT2D eigenvalue weighted by atomic mass is 19.4. The van der Waals surface area contributed by atoms with E-state index in [1.165, 1.54) is 12.5 Å². The van der Waals surface area contributed by atoms with Crippen molar-refractivity contribution >= 4 is 5.90 Å². The third-order valence-corrected chi connectivity index (χ3v) is 1.85. The Hall–Kier alpha value is -1.53. The molecule has 0 saturated carbocycles. The smallest absolute Gasteiger partial charge is 0.423 e. The van der Waals surface area contributed by atoms with Gasteiger partial charge in [-0.2, -0.15) is 13.2 Å². The van der Waals surface area contributed by atoms with Crippen LogP contribution < -0.4 is 9.67 Å². The van der Waals surface area contributed by atoms with E-state index in [1.54, 1.807) is 10.8 Å². The van der Waals surface area contributed by atoms with Crippen molar-refractivity contribution < 1.29 is 22.8 Å². The fourth-order valence-corrected chi connectivity index (χ4v) is 0.962. The van der Waals surface area contributed by atoms with Crippen LogP contribution in [-0.4, -0.2) is 16.8 Å². The molecule has 0 aliphatic rings. The number of hydrogen-bond donors (Lipinski definition) is 0. The van der Waals surface area contributed by atoms with Crippen LogP contribution in [0, 0.1) is 0 Å². The zero-order chi connectivity index (χ0) is 12.6. The Labute approximate surface area is 90.6 Å². The molecule has 0 spiro atoms. The molecular formula is C9H12F3N3O. The molecule has 90 valence electrons. The summed E-state index contributed by atoms with van der Waals surface area (Å²) in [4.78, 5) is 0. The molecule has 0 amide bonds. The zero-order valence-electron chi connectivity index (χ0n) is 9.12. The van der Waals surface area contributed by atoms with Crippen molar-refractivity contribution in [3.8, 4) is 0 Å². The van der Waals surface area contributed by atoms with Gasteiger partial charge < -0.3 is 5.11 Å². The van der Waals surface area contributed by atoms with Crippen LogP contribution in [0.4, 0.5) is 13.2 Å². The van der Waals surface area contributed by atoms with Crippen molar-refractivity contribution in [3.05, 3.63) is 18.7 Å². The lowest BCUT2D eigenvalue weighted by Gasteiger charge is -2.13. The Bertz CT molecular complexity index is 401. The third kappa shape index (κ3) is 2.98. The summed E-state index contributed by atoms with van der Waals surface area (Å²) in [6.45, 7) is 5.63. The van der Waals surface area contributed by atoms with Crippen LogP contribution >= 0.6 is 0 Å². The third-order valence-electron chi connectivity index (χ3n) is 1.85. The second kappa shape index (κ2) is 3.80. The molecule has 1 aromatic rings. The Kier molecular flexibility index (Phi) is 2.98. The topological polar surface area (TPSA) is 44.2 Å². The number of imidazole rings is 1. The monoisotopic (exact) mass is 235 g/mol. The lowest BCUT2D eigenvalue weighted by atomic mass is 10.1. The second-order valence-corrected chi connectivity index (χ2v) is 4.27. The number of nitrogens with zero attached hydrogens (tertiary/aromatic N) is 3. The number of hydrogen-bond acceptors (Lipinski definition) is 2. The summed E-state index contributed by atoms with van der Waals surface area (Å²) in [6, 6.07) is 0. The molecule has 1 rings (SSSR count). The summed E-state index contributed by atoms with van der Waals surface area (Å²) < 4.78 is 38.2. The predicted molar refractivity (Wildman–Crippen MR) is 48.5 cm³/mol. The van der Waals surface area contributed by atoms with Crippen molar-refractivity contribution in [2.45, 2.75) is 32.5 Å². The van der Waals surface area contributed by atoms with Gasteiger partial charge in [-0.15, -0.1) is 4.68 Å². The molecule has 0 aromatic carbocycles. The zero-order valence-corrected chi connectivity index (χ0v) is 9.12. The molecule has 16 heavy (non-hydrogen) atoms. The van der Waals surface area contributed by atoms with Crippen LogP contribution in [0.25, 0.3) is 0 Å². The van der Waals surface area contributed by atoms with Crippen molar-refractivity contribution in [1.29, 1.82) is 0 Å². The molecule has 0 aliphatic carbocycles. The maximum atomic E-state index is 11.9. The predicted octanol–water partition coefficient (Wildman–Crippen LogP) is 0.615. The quantitative estimate of drug-likeness (QED) is 0.399. The summed E-state index contributed by atoms with van der Waals surface area (Å²) in [7, 11) is 0. The Morgan fingerprint density at radius 1 is 1.31 bits per heavy atom. The van der Waals surface area contributed by atoms with Gasteiger partial charge in [0.2, 0.25) is 0 Å². The van der Waals surface area contributed by atoms with E-state index in [-0.39, 0.29) is 5.54 Å². The van der Waals surface area contributed by atoms with E-state index in [1.807, 2.05) is 20.8 Å². The van der Waals surface area contributed by atoms with Crippen LogP contribution in [0.1, 0.15) is 20.8 Å². The molecule has 1 heterocycles. The largest absolute Gasteiger partial charge is 0.853 e. The molecule has 7 heteroatoms. The first kappa shape index (κ1) is 12.5. The SMILES string of the molecule is CC(C)(C)[n+]1ccn(/N=C(\[O-])C(F)(F)F)c1. The maximum absolute atomic E-state index is 11.9. The molecule has 0 atom stereocenters. The van der Waals surface area contributed by atoms with Crippen LogP contribution in [0.15, 0.2) is 23.8 Å². The number of rotatable bonds is 1. The maximum Gasteiger partial charge on any atom is 0.423 e. The lowest BCUT2D eigenvalue weighted by molar-refractivity contribution is -0.753. The molecule has 0 saturated heterocycles. The van der Waals surface area contributed by atoms with Crippen molar-refractivity contribution in [2.24, 2.45) is 5.10 Å². The second-order valence-electron chi connectivity index (χ2n) is 4.27. The van der Waals surface area contributed by atoms with E-state index in [2.05, 4.69) is 5.10 Å². The lowest BCUT2D eigenvalue weighted by Crippen LogP contribution is -2.48. The van der Waals surface area contributed by atoms with Crippen molar-refractivity contribution in [3.63, 3.8) is 0 Å². The van der Waals surface area contributed by atoms with Crippen LogP contribution in [0.2, 0.25) is 0 Å². The van der Waals surface area contributed by atoms with Gasteiger partial charge in [-0.25, -0.2) is 4.57 Å². The van der Waals surface area contributed by atoms with Gasteiger partial charge in [0.1, 0.15) is 17.6 Å². The van der Waals surface area contributed by atoms with Gasteiger partial charge in [0.15, 0.2) is 6.20 Å². The van der Waals surface area contributed by atoms with Gasteiger partial charge in [-0.05, 0) is 20.8 Å². The number of halogens is 3. The van der Waals surface area contributed by atoms with Gasteiger partial charge >= 0.3 is 6.18 Å². The van der Waals surface area contributed by atoms with Crippen LogP contribution in [0.3, 0.4) is 0 Å². The van der Waals surface area contributed by atoms with Gasteiger partial charge in [0, 0.05) is 0 Å². The van der Waals surface area contributed by atoms with Crippen LogP contribution in [0.5, 0.6) is 0 Å². The normalized spacial score (nSPS) is 14.2. The van der Waals surface area contributed by atoms with Gasteiger partial charge in [0.05, 0.1) is 0 Å². The molecule has 0 radical (unpaired) electrons. The minimum absolute atomic E-state index is 0.276. The number of aromatic nitrogens is 2. The van der Waals surface area contributed by atoms with Crippen molar-refractivity contribution in [2.75, 3.05) is 0 Å². The molecular weight excluding hydrogens is 223 g/mol. The highest BCUT2D eigenvalue weighted by Crippen LogP contribution is 2.14. The van der Waals surface area contributed by atoms with Gasteiger partial charge in [0.25, 0.3) is 6.33 Å². The van der Waals surface area contributed by atoms with E-state index >= 15 is 0 Å². The molecule has 0 bridgehead atoms. The van der Waals surface area contributed by atoms with Crippen molar-refractivity contribution in [1.82, 2.24) is 4.68 Å². The first-order chi connectivity index (χ1) is 7.10. The highest BCUT2D eigenvalue weighted by Gasteiger charge is 2.29. The van der Waals surface area contributed by atoms with E-state index in [9.17, 15) is 18.3 Å². The Balaban J connectivity index is 2.97. The molecule has 0 N–H and O–H groups in total. The van der Waals surface area contributed by atoms with E-state index in [4.69, 9.17) is 0 Å². The van der Waals surface area contributed by atoms with E-state index in [0.29, 0.717) is 0 Å². The molecule has 1 aromatic heterocycles. The minimum Gasteiger partial charge on any atom is -0.853 e. The van der Waals surface area contributed by atoms with Gasteiger partial charge in [-0.1, -0.05) is 5.10 Å². The van der Waals surface area contributed by atoms with Crippen LogP contribution in [-0.2, 0) is 5.54 Å². The number of alkyl halides is 3. The van der Waals surface area contributed by atoms with Gasteiger partial charge in [-0.3, -0.25) is 0 Å². The Morgan fingerprint density at radius 3 is 2.25 bits per heavy atom. The van der Waals surface area contributed by atoms with E-state index in [0.717, 1.165) is 4.68 Å².